The monoisotopic (exact) mass is 426 g/mol. The van der Waals surface area contributed by atoms with Crippen LogP contribution in [0.3, 0.4) is 0 Å². The zero-order valence-electron chi connectivity index (χ0n) is 15.5. The van der Waals surface area contributed by atoms with E-state index >= 15 is 0 Å². The zero-order chi connectivity index (χ0) is 20.8. The Balaban J connectivity index is 1.68. The van der Waals surface area contributed by atoms with E-state index in [2.05, 4.69) is 25.4 Å². The molecule has 0 radical (unpaired) electrons. The summed E-state index contributed by atoms with van der Waals surface area (Å²) >= 11 is 6.18. The average Bonchev–Trinajstić information content (AvgIpc) is 3.34. The molecule has 10 heteroatoms. The van der Waals surface area contributed by atoms with E-state index in [0.29, 0.717) is 38.4 Å². The van der Waals surface area contributed by atoms with Gasteiger partial charge >= 0.3 is 0 Å². The predicted octanol–water partition coefficient (Wildman–Crippen LogP) is 2.62. The van der Waals surface area contributed by atoms with Gasteiger partial charge in [-0.25, -0.2) is 9.37 Å². The van der Waals surface area contributed by atoms with Crippen LogP contribution in [0.2, 0.25) is 5.02 Å². The number of hydrogen-bond acceptors (Lipinski definition) is 6. The largest absolute Gasteiger partial charge is 0.494 e. The second-order valence-electron chi connectivity index (χ2n) is 7.05. The Morgan fingerprint density at radius 3 is 2.83 bits per heavy atom. The first-order valence-corrected chi connectivity index (χ1v) is 9.61. The Labute approximate surface area is 174 Å². The van der Waals surface area contributed by atoms with Crippen molar-refractivity contribution in [2.75, 3.05) is 5.32 Å². The SMILES string of the molecule is Oc1cc(C=c2cnn3c(=NC4CC4)cc(Nc4cc(F)ccc4Cl)nc23)c(O)[nH]1. The molecule has 1 saturated carbocycles. The number of aromatic hydroxyl groups is 2. The van der Waals surface area contributed by atoms with E-state index < -0.39 is 5.82 Å². The molecule has 0 amide bonds. The molecule has 30 heavy (non-hydrogen) atoms. The molecule has 0 spiro atoms. The van der Waals surface area contributed by atoms with E-state index in [0.717, 1.165) is 12.8 Å². The fourth-order valence-electron chi connectivity index (χ4n) is 3.07. The summed E-state index contributed by atoms with van der Waals surface area (Å²) < 4.78 is 15.3. The lowest BCUT2D eigenvalue weighted by atomic mass is 10.2. The number of nitrogens with zero attached hydrogens (tertiary/aromatic N) is 4. The lowest BCUT2D eigenvalue weighted by molar-refractivity contribution is 0.425. The van der Waals surface area contributed by atoms with E-state index in [9.17, 15) is 14.6 Å². The van der Waals surface area contributed by atoms with E-state index in [-0.39, 0.29) is 17.8 Å². The van der Waals surface area contributed by atoms with Gasteiger partial charge in [-0.05, 0) is 37.1 Å². The summed E-state index contributed by atoms with van der Waals surface area (Å²) in [7, 11) is 0. The first-order valence-electron chi connectivity index (χ1n) is 9.23. The van der Waals surface area contributed by atoms with E-state index in [1.807, 2.05) is 0 Å². The molecule has 1 aromatic carbocycles. The van der Waals surface area contributed by atoms with Gasteiger partial charge in [0.05, 0.1) is 22.9 Å². The second-order valence-corrected chi connectivity index (χ2v) is 7.45. The predicted molar refractivity (Wildman–Crippen MR) is 109 cm³/mol. The van der Waals surface area contributed by atoms with Gasteiger partial charge in [-0.15, -0.1) is 0 Å². The number of fused-ring (bicyclic) bond motifs is 1. The summed E-state index contributed by atoms with van der Waals surface area (Å²) in [5.74, 6) is -0.330. The molecule has 0 aliphatic heterocycles. The smallest absolute Gasteiger partial charge is 0.198 e. The van der Waals surface area contributed by atoms with Crippen molar-refractivity contribution in [3.05, 3.63) is 63.6 Å². The van der Waals surface area contributed by atoms with Crippen molar-refractivity contribution in [3.8, 4) is 11.8 Å². The Morgan fingerprint density at radius 1 is 1.27 bits per heavy atom. The highest BCUT2D eigenvalue weighted by molar-refractivity contribution is 6.33. The van der Waals surface area contributed by atoms with Crippen LogP contribution in [-0.4, -0.2) is 35.8 Å². The first-order chi connectivity index (χ1) is 14.5. The molecule has 3 aromatic heterocycles. The van der Waals surface area contributed by atoms with E-state index in [1.165, 1.54) is 24.3 Å². The minimum Gasteiger partial charge on any atom is -0.494 e. The number of aromatic amines is 1. The molecule has 4 N–H and O–H groups in total. The molecule has 0 unspecified atom stereocenters. The van der Waals surface area contributed by atoms with Gasteiger partial charge in [0.15, 0.2) is 22.9 Å². The molecule has 1 aliphatic rings. The maximum absolute atomic E-state index is 13.7. The number of aromatic nitrogens is 4. The Morgan fingerprint density at radius 2 is 2.10 bits per heavy atom. The standard InChI is InChI=1S/C20H16ClFN6O2/c21-14-4-1-12(22)7-15(14)25-16-8-17(24-13-2-3-13)28-19(26-16)11(9-23-28)5-10-6-18(29)27-20(10)30/h1,4-9,13,25,27,29-30H,2-3H2. The van der Waals surface area contributed by atoms with Crippen LogP contribution in [-0.2, 0) is 0 Å². The topological polar surface area (TPSA) is 111 Å². The number of halogens is 2. The number of anilines is 2. The van der Waals surface area contributed by atoms with Gasteiger partial charge < -0.3 is 15.5 Å². The summed E-state index contributed by atoms with van der Waals surface area (Å²) in [6, 6.07) is 7.39. The van der Waals surface area contributed by atoms with Crippen molar-refractivity contribution in [3.63, 3.8) is 0 Å². The van der Waals surface area contributed by atoms with Crippen LogP contribution in [0.15, 0.2) is 41.5 Å². The van der Waals surface area contributed by atoms with Crippen LogP contribution in [0, 0.1) is 5.82 Å². The van der Waals surface area contributed by atoms with Gasteiger partial charge in [0.2, 0.25) is 0 Å². The van der Waals surface area contributed by atoms with Crippen molar-refractivity contribution in [2.24, 2.45) is 4.99 Å². The normalized spacial score (nSPS) is 15.3. The lowest BCUT2D eigenvalue weighted by Crippen LogP contribution is -2.19. The lowest BCUT2D eigenvalue weighted by Gasteiger charge is -2.08. The summed E-state index contributed by atoms with van der Waals surface area (Å²) in [6.07, 6.45) is 5.26. The minimum atomic E-state index is -0.424. The highest BCUT2D eigenvalue weighted by Crippen LogP contribution is 2.26. The fraction of sp³-hybridized carbons (Fsp3) is 0.150. The van der Waals surface area contributed by atoms with Crippen LogP contribution in [0.1, 0.15) is 18.4 Å². The molecular weight excluding hydrogens is 411 g/mol. The molecule has 1 fully saturated rings. The highest BCUT2D eigenvalue weighted by atomic mass is 35.5. The molecule has 0 atom stereocenters. The summed E-state index contributed by atoms with van der Waals surface area (Å²) in [5, 5.41) is 27.8. The van der Waals surface area contributed by atoms with E-state index in [1.54, 1.807) is 22.9 Å². The van der Waals surface area contributed by atoms with Gasteiger partial charge in [0.25, 0.3) is 0 Å². The third-order valence-electron chi connectivity index (χ3n) is 4.66. The Kier molecular flexibility index (Phi) is 4.32. The summed E-state index contributed by atoms with van der Waals surface area (Å²) in [4.78, 5) is 11.7. The number of benzene rings is 1. The molecule has 152 valence electrons. The third kappa shape index (κ3) is 3.55. The van der Waals surface area contributed by atoms with Crippen LogP contribution >= 0.6 is 11.6 Å². The summed E-state index contributed by atoms with van der Waals surface area (Å²) in [5.41, 5.74) is 1.84. The molecule has 5 rings (SSSR count). The molecule has 1 aliphatic carbocycles. The van der Waals surface area contributed by atoms with Crippen molar-refractivity contribution in [1.82, 2.24) is 19.6 Å². The first kappa shape index (κ1) is 18.4. The maximum atomic E-state index is 13.7. The summed E-state index contributed by atoms with van der Waals surface area (Å²) in [6.45, 7) is 0. The molecular formula is C20H16ClFN6O2. The van der Waals surface area contributed by atoms with Crippen molar-refractivity contribution in [2.45, 2.75) is 18.9 Å². The number of rotatable bonds is 4. The average molecular weight is 427 g/mol. The number of hydrogen-bond donors (Lipinski definition) is 4. The fourth-order valence-corrected chi connectivity index (χ4v) is 3.23. The minimum absolute atomic E-state index is 0.157. The van der Waals surface area contributed by atoms with Crippen molar-refractivity contribution >= 4 is 34.8 Å². The van der Waals surface area contributed by atoms with Gasteiger partial charge in [-0.3, -0.25) is 9.98 Å². The highest BCUT2D eigenvalue weighted by Gasteiger charge is 2.20. The van der Waals surface area contributed by atoms with Gasteiger partial charge in [0.1, 0.15) is 11.6 Å². The molecule has 8 nitrogen and oxygen atoms in total. The third-order valence-corrected chi connectivity index (χ3v) is 4.99. The Bertz CT molecular complexity index is 1390. The van der Waals surface area contributed by atoms with Crippen LogP contribution in [0.5, 0.6) is 11.8 Å². The Hall–Kier alpha value is -3.59. The maximum Gasteiger partial charge on any atom is 0.198 e. The van der Waals surface area contributed by atoms with Crippen LogP contribution in [0.4, 0.5) is 15.9 Å². The van der Waals surface area contributed by atoms with Gasteiger partial charge in [-0.1, -0.05) is 11.6 Å². The number of H-pyrrole nitrogens is 1. The molecule has 0 bridgehead atoms. The van der Waals surface area contributed by atoms with Gasteiger partial charge in [-0.2, -0.15) is 9.61 Å². The molecule has 4 aromatic rings. The van der Waals surface area contributed by atoms with Crippen molar-refractivity contribution < 1.29 is 14.6 Å². The second kappa shape index (κ2) is 7.03. The molecule has 0 saturated heterocycles. The van der Waals surface area contributed by atoms with Crippen molar-refractivity contribution in [1.29, 1.82) is 0 Å². The van der Waals surface area contributed by atoms with Gasteiger partial charge in [0, 0.05) is 22.9 Å². The zero-order valence-corrected chi connectivity index (χ0v) is 16.2. The number of nitrogens with one attached hydrogen (secondary N) is 2. The quantitative estimate of drug-likeness (QED) is 0.401. The van der Waals surface area contributed by atoms with Crippen LogP contribution in [0.25, 0.3) is 11.7 Å². The van der Waals surface area contributed by atoms with Crippen LogP contribution < -0.4 is 16.0 Å². The van der Waals surface area contributed by atoms with E-state index in [4.69, 9.17) is 11.6 Å². The molecule has 3 heterocycles.